The van der Waals surface area contributed by atoms with Crippen LogP contribution in [-0.4, -0.2) is 32.7 Å². The van der Waals surface area contributed by atoms with E-state index in [1.165, 1.54) is 29.8 Å². The van der Waals surface area contributed by atoms with E-state index in [9.17, 15) is 13.2 Å². The first kappa shape index (κ1) is 18.2. The smallest absolute Gasteiger partial charge is 0.244 e. The number of nitrogens with zero attached hydrogens (tertiary/aromatic N) is 1. The number of amides is 1. The molecule has 1 amide bonds. The van der Waals surface area contributed by atoms with E-state index < -0.39 is 16.1 Å². The molecule has 2 bridgehead atoms. The molecule has 1 aromatic rings. The Balaban J connectivity index is 1.82. The molecule has 0 saturated heterocycles. The number of carbonyl (C=O) groups excluding carboxylic acids is 1. The van der Waals surface area contributed by atoms with Crippen LogP contribution in [0.25, 0.3) is 0 Å². The van der Waals surface area contributed by atoms with Crippen LogP contribution in [0.1, 0.15) is 44.6 Å². The van der Waals surface area contributed by atoms with E-state index in [1.807, 2.05) is 26.0 Å². The Hall–Kier alpha value is -1.56. The van der Waals surface area contributed by atoms with Gasteiger partial charge in [-0.15, -0.1) is 0 Å². The number of carbonyl (C=O) groups is 1. The van der Waals surface area contributed by atoms with Gasteiger partial charge >= 0.3 is 0 Å². The number of hydrogen-bond acceptors (Lipinski definition) is 3. The van der Waals surface area contributed by atoms with Crippen molar-refractivity contribution in [3.8, 4) is 0 Å². The van der Waals surface area contributed by atoms with Crippen LogP contribution >= 0.6 is 0 Å². The van der Waals surface area contributed by atoms with Crippen molar-refractivity contribution in [2.75, 3.05) is 10.6 Å². The lowest BCUT2D eigenvalue weighted by Gasteiger charge is -2.32. The molecule has 25 heavy (non-hydrogen) atoms. The molecule has 0 radical (unpaired) electrons. The van der Waals surface area contributed by atoms with Crippen molar-refractivity contribution in [2.45, 2.75) is 58.0 Å². The number of fused-ring (bicyclic) bond motifs is 2. The highest BCUT2D eigenvalue weighted by atomic mass is 32.2. The van der Waals surface area contributed by atoms with Gasteiger partial charge in [0.15, 0.2) is 0 Å². The Morgan fingerprint density at radius 3 is 2.40 bits per heavy atom. The molecule has 2 saturated carbocycles. The van der Waals surface area contributed by atoms with E-state index in [4.69, 9.17) is 0 Å². The molecule has 2 aliphatic rings. The highest BCUT2D eigenvalue weighted by Crippen LogP contribution is 2.44. The summed E-state index contributed by atoms with van der Waals surface area (Å²) in [5.41, 5.74) is 1.60. The third kappa shape index (κ3) is 3.84. The minimum atomic E-state index is -3.56. The monoisotopic (exact) mass is 364 g/mol. The topological polar surface area (TPSA) is 66.5 Å². The summed E-state index contributed by atoms with van der Waals surface area (Å²) in [6.45, 7) is 3.81. The first-order valence-electron chi connectivity index (χ1n) is 9.16. The Labute approximate surface area is 150 Å². The Morgan fingerprint density at radius 1 is 1.24 bits per heavy atom. The van der Waals surface area contributed by atoms with Crippen molar-refractivity contribution in [1.82, 2.24) is 5.32 Å². The molecule has 0 unspecified atom stereocenters. The number of hydrogen-bond donors (Lipinski definition) is 1. The Morgan fingerprint density at radius 2 is 1.92 bits per heavy atom. The number of aryl methyl sites for hydroxylation is 1. The molecule has 138 valence electrons. The zero-order valence-corrected chi connectivity index (χ0v) is 16.1. The molecule has 2 aliphatic carbocycles. The summed E-state index contributed by atoms with van der Waals surface area (Å²) in [6, 6.07) is 6.77. The van der Waals surface area contributed by atoms with E-state index in [1.54, 1.807) is 12.1 Å². The molecule has 0 heterocycles. The molecular formula is C19H28N2O3S. The third-order valence-corrected chi connectivity index (χ3v) is 6.86. The summed E-state index contributed by atoms with van der Waals surface area (Å²) in [7, 11) is -3.56. The van der Waals surface area contributed by atoms with Gasteiger partial charge in [0.25, 0.3) is 0 Å². The average molecular weight is 365 g/mol. The molecular weight excluding hydrogens is 336 g/mol. The van der Waals surface area contributed by atoms with Crippen molar-refractivity contribution in [2.24, 2.45) is 11.8 Å². The summed E-state index contributed by atoms with van der Waals surface area (Å²) < 4.78 is 26.1. The predicted octanol–water partition coefficient (Wildman–Crippen LogP) is 2.84. The lowest BCUT2D eigenvalue weighted by atomic mass is 9.95. The van der Waals surface area contributed by atoms with E-state index in [0.29, 0.717) is 18.0 Å². The van der Waals surface area contributed by atoms with Crippen molar-refractivity contribution in [3.05, 3.63) is 29.8 Å². The van der Waals surface area contributed by atoms with Gasteiger partial charge in [-0.1, -0.05) is 31.0 Å². The number of benzene rings is 1. The normalized spacial score (nSPS) is 26.4. The molecule has 5 nitrogen and oxygen atoms in total. The van der Waals surface area contributed by atoms with Crippen LogP contribution in [-0.2, 0) is 14.8 Å². The summed E-state index contributed by atoms with van der Waals surface area (Å²) >= 11 is 0. The minimum Gasteiger partial charge on any atom is -0.351 e. The fraction of sp³-hybridized carbons (Fsp3) is 0.632. The van der Waals surface area contributed by atoms with Crippen LogP contribution in [0.4, 0.5) is 5.69 Å². The summed E-state index contributed by atoms with van der Waals surface area (Å²) in [4.78, 5) is 12.9. The largest absolute Gasteiger partial charge is 0.351 e. The molecule has 1 aromatic carbocycles. The molecule has 0 aliphatic heterocycles. The number of nitrogens with one attached hydrogen (secondary N) is 1. The molecule has 2 fully saturated rings. The van der Waals surface area contributed by atoms with Crippen molar-refractivity contribution < 1.29 is 13.2 Å². The summed E-state index contributed by atoms with van der Waals surface area (Å²) in [5, 5.41) is 3.15. The maximum absolute atomic E-state index is 12.9. The molecule has 3 rings (SSSR count). The van der Waals surface area contributed by atoms with E-state index in [-0.39, 0.29) is 11.9 Å². The van der Waals surface area contributed by atoms with Crippen LogP contribution in [0.5, 0.6) is 0 Å². The van der Waals surface area contributed by atoms with Crippen LogP contribution < -0.4 is 9.62 Å². The molecule has 0 aromatic heterocycles. The minimum absolute atomic E-state index is 0.175. The van der Waals surface area contributed by atoms with E-state index >= 15 is 0 Å². The zero-order valence-electron chi connectivity index (χ0n) is 15.2. The zero-order chi connectivity index (χ0) is 18.2. The number of sulfonamides is 1. The molecule has 4 atom stereocenters. The predicted molar refractivity (Wildman–Crippen MR) is 100.0 cm³/mol. The van der Waals surface area contributed by atoms with Gasteiger partial charge in [-0.3, -0.25) is 9.10 Å². The number of rotatable bonds is 6. The third-order valence-electron chi connectivity index (χ3n) is 5.68. The maximum Gasteiger partial charge on any atom is 0.244 e. The maximum atomic E-state index is 12.9. The van der Waals surface area contributed by atoms with Crippen molar-refractivity contribution >= 4 is 21.6 Å². The van der Waals surface area contributed by atoms with Gasteiger partial charge in [0, 0.05) is 6.04 Å². The van der Waals surface area contributed by atoms with Gasteiger partial charge in [0.2, 0.25) is 15.9 Å². The SMILES string of the molecule is CC[C@@H](C(=O)N[C@@H]1C[C@@H]2CC[C@@H]1C2)N(c1ccc(C)cc1)S(C)(=O)=O. The lowest BCUT2D eigenvalue weighted by molar-refractivity contribution is -0.123. The second kappa shape index (κ2) is 6.98. The summed E-state index contributed by atoms with van der Waals surface area (Å²) in [5.74, 6) is 1.13. The first-order chi connectivity index (χ1) is 11.8. The second-order valence-corrected chi connectivity index (χ2v) is 9.47. The molecule has 6 heteroatoms. The van der Waals surface area contributed by atoms with Crippen LogP contribution in [0.2, 0.25) is 0 Å². The standard InChI is InChI=1S/C19H28N2O3S/c1-4-18(19(22)20-17-12-14-7-8-15(17)11-14)21(25(3,23)24)16-9-5-13(2)6-10-16/h5-6,9-10,14-15,17-18H,4,7-8,11-12H2,1-3H3,(H,20,22)/t14-,15-,17-,18+/m1/s1. The van der Waals surface area contributed by atoms with Gasteiger partial charge in [0.1, 0.15) is 6.04 Å². The number of anilines is 1. The molecule has 1 N–H and O–H groups in total. The fourth-order valence-corrected chi connectivity index (χ4v) is 5.66. The van der Waals surface area contributed by atoms with E-state index in [2.05, 4.69) is 5.32 Å². The fourth-order valence-electron chi connectivity index (χ4n) is 4.45. The van der Waals surface area contributed by atoms with Crippen molar-refractivity contribution in [3.63, 3.8) is 0 Å². The van der Waals surface area contributed by atoms with Crippen molar-refractivity contribution in [1.29, 1.82) is 0 Å². The van der Waals surface area contributed by atoms with Crippen LogP contribution in [0.3, 0.4) is 0 Å². The Kier molecular flexibility index (Phi) is 5.09. The van der Waals surface area contributed by atoms with Crippen LogP contribution in [0, 0.1) is 18.8 Å². The quantitative estimate of drug-likeness (QED) is 0.844. The lowest BCUT2D eigenvalue weighted by Crippen LogP contribution is -2.52. The van der Waals surface area contributed by atoms with Gasteiger partial charge in [-0.05, 0) is 56.6 Å². The van der Waals surface area contributed by atoms with Gasteiger partial charge < -0.3 is 5.32 Å². The summed E-state index contributed by atoms with van der Waals surface area (Å²) in [6.07, 6.45) is 6.30. The molecule has 0 spiro atoms. The first-order valence-corrected chi connectivity index (χ1v) is 11.0. The second-order valence-electron chi connectivity index (χ2n) is 7.61. The van der Waals surface area contributed by atoms with Crippen LogP contribution in [0.15, 0.2) is 24.3 Å². The highest BCUT2D eigenvalue weighted by Gasteiger charge is 2.41. The van der Waals surface area contributed by atoms with Gasteiger partial charge in [0.05, 0.1) is 11.9 Å². The Bertz CT molecular complexity index is 730. The highest BCUT2D eigenvalue weighted by molar-refractivity contribution is 7.92. The van der Waals surface area contributed by atoms with E-state index in [0.717, 1.165) is 17.9 Å². The van der Waals surface area contributed by atoms with Gasteiger partial charge in [-0.2, -0.15) is 0 Å². The average Bonchev–Trinajstić information content (AvgIpc) is 3.15. The van der Waals surface area contributed by atoms with Gasteiger partial charge in [-0.25, -0.2) is 8.42 Å².